The van der Waals surface area contributed by atoms with Crippen molar-refractivity contribution in [3.05, 3.63) is 29.6 Å². The predicted molar refractivity (Wildman–Crippen MR) is 92.6 cm³/mol. The standard InChI is InChI=1S/C16H23ClF2N2OSi/c1-5-22-14(23(2,3)4)8-9-21-12-7-6-11(18)15(19)16(12)20-13(21)10-17/h6-7,14H,5,8-10H2,1-4H3. The molecule has 7 heteroatoms. The zero-order valence-corrected chi connectivity index (χ0v) is 15.8. The van der Waals surface area contributed by atoms with Gasteiger partial charge in [-0.05, 0) is 25.5 Å². The van der Waals surface area contributed by atoms with Gasteiger partial charge >= 0.3 is 0 Å². The highest BCUT2D eigenvalue weighted by Crippen LogP contribution is 2.24. The van der Waals surface area contributed by atoms with Gasteiger partial charge in [-0.2, -0.15) is 0 Å². The summed E-state index contributed by atoms with van der Waals surface area (Å²) in [7, 11) is -1.48. The molecule has 0 aliphatic heterocycles. The molecular formula is C16H23ClF2N2OSi. The van der Waals surface area contributed by atoms with E-state index in [1.165, 1.54) is 0 Å². The van der Waals surface area contributed by atoms with Crippen LogP contribution < -0.4 is 0 Å². The normalized spacial score (nSPS) is 13.7. The van der Waals surface area contributed by atoms with Gasteiger partial charge in [0.1, 0.15) is 11.3 Å². The van der Waals surface area contributed by atoms with Crippen LogP contribution in [0, 0.1) is 11.6 Å². The molecule has 0 bridgehead atoms. The molecule has 0 saturated heterocycles. The molecular weight excluding hydrogens is 338 g/mol. The molecule has 23 heavy (non-hydrogen) atoms. The van der Waals surface area contributed by atoms with Gasteiger partial charge in [0.15, 0.2) is 11.6 Å². The van der Waals surface area contributed by atoms with Gasteiger partial charge in [0.25, 0.3) is 0 Å². The summed E-state index contributed by atoms with van der Waals surface area (Å²) < 4.78 is 35.1. The van der Waals surface area contributed by atoms with Gasteiger partial charge in [0.05, 0.1) is 19.5 Å². The lowest BCUT2D eigenvalue weighted by Gasteiger charge is -2.29. The van der Waals surface area contributed by atoms with Gasteiger partial charge in [0.2, 0.25) is 0 Å². The number of nitrogens with zero attached hydrogens (tertiary/aromatic N) is 2. The Morgan fingerprint density at radius 1 is 1.30 bits per heavy atom. The quantitative estimate of drug-likeness (QED) is 0.527. The van der Waals surface area contributed by atoms with Crippen molar-refractivity contribution in [3.8, 4) is 0 Å². The van der Waals surface area contributed by atoms with Crippen molar-refractivity contribution in [1.82, 2.24) is 9.55 Å². The van der Waals surface area contributed by atoms with Crippen LogP contribution in [0.2, 0.25) is 19.6 Å². The summed E-state index contributed by atoms with van der Waals surface area (Å²) in [5, 5.41) is 0. The van der Waals surface area contributed by atoms with Crippen LogP contribution in [0.5, 0.6) is 0 Å². The van der Waals surface area contributed by atoms with E-state index in [1.54, 1.807) is 6.07 Å². The van der Waals surface area contributed by atoms with Crippen LogP contribution >= 0.6 is 11.6 Å². The summed E-state index contributed by atoms with van der Waals surface area (Å²) in [4.78, 5) is 4.16. The largest absolute Gasteiger partial charge is 0.382 e. The number of aryl methyl sites for hydroxylation is 1. The number of fused-ring (bicyclic) bond motifs is 1. The maximum Gasteiger partial charge on any atom is 0.186 e. The first-order valence-electron chi connectivity index (χ1n) is 7.80. The maximum absolute atomic E-state index is 13.9. The number of hydrogen-bond acceptors (Lipinski definition) is 2. The molecule has 0 aliphatic rings. The Balaban J connectivity index is 2.34. The van der Waals surface area contributed by atoms with Crippen molar-refractivity contribution < 1.29 is 13.5 Å². The van der Waals surface area contributed by atoms with Gasteiger partial charge in [-0.15, -0.1) is 11.6 Å². The summed E-state index contributed by atoms with van der Waals surface area (Å²) in [6, 6.07) is 2.69. The Labute approximate surface area is 141 Å². The van der Waals surface area contributed by atoms with E-state index in [1.807, 2.05) is 11.5 Å². The summed E-state index contributed by atoms with van der Waals surface area (Å²) in [5.41, 5.74) is 0.811. The second-order valence-electron chi connectivity index (χ2n) is 6.64. The number of ether oxygens (including phenoxy) is 1. The average Bonchev–Trinajstić information content (AvgIpc) is 2.84. The summed E-state index contributed by atoms with van der Waals surface area (Å²) in [6.07, 6.45) is 0.803. The Bertz CT molecular complexity index is 685. The highest BCUT2D eigenvalue weighted by molar-refractivity contribution is 6.77. The fourth-order valence-electron chi connectivity index (χ4n) is 2.75. The van der Waals surface area contributed by atoms with Crippen LogP contribution in [0.3, 0.4) is 0 Å². The molecule has 0 aliphatic carbocycles. The van der Waals surface area contributed by atoms with Gasteiger partial charge < -0.3 is 9.30 Å². The minimum Gasteiger partial charge on any atom is -0.382 e. The topological polar surface area (TPSA) is 27.1 Å². The fraction of sp³-hybridized carbons (Fsp3) is 0.562. The number of imidazole rings is 1. The first-order chi connectivity index (χ1) is 10.8. The highest BCUT2D eigenvalue weighted by atomic mass is 35.5. The third-order valence-corrected chi connectivity index (χ3v) is 6.59. The molecule has 0 amide bonds. The Morgan fingerprint density at radius 2 is 2.00 bits per heavy atom. The molecule has 1 aromatic heterocycles. The molecule has 2 aromatic rings. The lowest BCUT2D eigenvalue weighted by molar-refractivity contribution is 0.102. The third-order valence-electron chi connectivity index (χ3n) is 3.96. The number of halogens is 3. The van der Waals surface area contributed by atoms with Crippen molar-refractivity contribution in [2.75, 3.05) is 6.61 Å². The number of hydrogen-bond donors (Lipinski definition) is 0. The number of rotatable bonds is 7. The minimum absolute atomic E-state index is 0.0432. The highest BCUT2D eigenvalue weighted by Gasteiger charge is 2.27. The number of benzene rings is 1. The van der Waals surface area contributed by atoms with Crippen molar-refractivity contribution >= 4 is 30.7 Å². The Hall–Kier alpha value is -0.983. The van der Waals surface area contributed by atoms with Gasteiger partial charge in [-0.25, -0.2) is 13.8 Å². The molecule has 1 atom stereocenters. The Kier molecular flexibility index (Phi) is 5.81. The van der Waals surface area contributed by atoms with Gasteiger partial charge in [-0.3, -0.25) is 0 Å². The monoisotopic (exact) mass is 360 g/mol. The van der Waals surface area contributed by atoms with Crippen LogP contribution in [-0.4, -0.2) is 30.0 Å². The first-order valence-corrected chi connectivity index (χ1v) is 11.9. The van der Waals surface area contributed by atoms with E-state index in [9.17, 15) is 8.78 Å². The van der Waals surface area contributed by atoms with Crippen LogP contribution in [-0.2, 0) is 17.2 Å². The smallest absolute Gasteiger partial charge is 0.186 e. The van der Waals surface area contributed by atoms with E-state index in [4.69, 9.17) is 16.3 Å². The van der Waals surface area contributed by atoms with Crippen LogP contribution in [0.1, 0.15) is 19.2 Å². The first kappa shape index (κ1) is 18.4. The molecule has 1 unspecified atom stereocenters. The second-order valence-corrected chi connectivity index (χ2v) is 12.3. The van der Waals surface area contributed by atoms with Crippen LogP contribution in [0.4, 0.5) is 8.78 Å². The van der Waals surface area contributed by atoms with E-state index in [-0.39, 0.29) is 17.1 Å². The molecule has 1 heterocycles. The molecule has 0 fully saturated rings. The fourth-order valence-corrected chi connectivity index (χ4v) is 4.61. The van der Waals surface area contributed by atoms with E-state index < -0.39 is 19.7 Å². The molecule has 1 aromatic carbocycles. The third kappa shape index (κ3) is 3.92. The van der Waals surface area contributed by atoms with E-state index in [0.29, 0.717) is 24.5 Å². The van der Waals surface area contributed by atoms with E-state index >= 15 is 0 Å². The Morgan fingerprint density at radius 3 is 2.57 bits per heavy atom. The molecule has 0 N–H and O–H groups in total. The second kappa shape index (κ2) is 7.28. The van der Waals surface area contributed by atoms with Crippen molar-refractivity contribution in [1.29, 1.82) is 0 Å². The van der Waals surface area contributed by atoms with Crippen molar-refractivity contribution in [2.24, 2.45) is 0 Å². The summed E-state index contributed by atoms with van der Waals surface area (Å²) in [6.45, 7) is 10.1. The van der Waals surface area contributed by atoms with Gasteiger partial charge in [-0.1, -0.05) is 19.6 Å². The SMILES string of the molecule is CCOC(CCn1c(CCl)nc2c(F)c(F)ccc21)[Si](C)(C)C. The van der Waals surface area contributed by atoms with E-state index in [2.05, 4.69) is 24.6 Å². The van der Waals surface area contributed by atoms with Crippen LogP contribution in [0.25, 0.3) is 11.0 Å². The summed E-state index contributed by atoms with van der Waals surface area (Å²) in [5.74, 6) is -1.10. The zero-order valence-electron chi connectivity index (χ0n) is 14.0. The van der Waals surface area contributed by atoms with Gasteiger partial charge in [0, 0.05) is 18.9 Å². The van der Waals surface area contributed by atoms with E-state index in [0.717, 1.165) is 12.5 Å². The van der Waals surface area contributed by atoms with Crippen molar-refractivity contribution in [2.45, 2.75) is 51.1 Å². The molecule has 0 radical (unpaired) electrons. The number of alkyl halides is 1. The molecule has 0 saturated carbocycles. The zero-order chi connectivity index (χ0) is 17.2. The lowest BCUT2D eigenvalue weighted by atomic mass is 10.3. The molecule has 0 spiro atoms. The summed E-state index contributed by atoms with van der Waals surface area (Å²) >= 11 is 5.94. The predicted octanol–water partition coefficient (Wildman–Crippen LogP) is 4.73. The molecule has 3 nitrogen and oxygen atoms in total. The lowest BCUT2D eigenvalue weighted by Crippen LogP contribution is -2.41. The average molecular weight is 361 g/mol. The number of aromatic nitrogens is 2. The minimum atomic E-state index is -1.48. The maximum atomic E-state index is 13.9. The van der Waals surface area contributed by atoms with Crippen LogP contribution in [0.15, 0.2) is 12.1 Å². The molecule has 128 valence electrons. The molecule has 2 rings (SSSR count). The van der Waals surface area contributed by atoms with Crippen molar-refractivity contribution in [3.63, 3.8) is 0 Å².